The molecule has 3 heteroatoms. The molecule has 0 radical (unpaired) electrons. The maximum absolute atomic E-state index is 5.00. The summed E-state index contributed by atoms with van der Waals surface area (Å²) in [6.45, 7) is 13.8. The van der Waals surface area contributed by atoms with Crippen molar-refractivity contribution in [2.75, 3.05) is 26.2 Å². The second-order valence-corrected chi connectivity index (χ2v) is 4.32. The van der Waals surface area contributed by atoms with E-state index < -0.39 is 0 Å². The largest absolute Gasteiger partial charge is 0.502 e. The fourth-order valence-corrected chi connectivity index (χ4v) is 1.01. The van der Waals surface area contributed by atoms with Crippen LogP contribution in [0.15, 0.2) is 12.8 Å². The predicted octanol–water partition coefficient (Wildman–Crippen LogP) is 1.51. The minimum absolute atomic E-state index is 0.216. The van der Waals surface area contributed by atoms with Crippen LogP contribution in [0.4, 0.5) is 0 Å². The lowest BCUT2D eigenvalue weighted by atomic mass is 10.1. The summed E-state index contributed by atoms with van der Waals surface area (Å²) in [6, 6.07) is 0. The van der Waals surface area contributed by atoms with Gasteiger partial charge in [-0.05, 0) is 33.7 Å². The Hall–Kier alpha value is -0.540. The van der Waals surface area contributed by atoms with Crippen LogP contribution in [0, 0.1) is 0 Å². The van der Waals surface area contributed by atoms with Crippen molar-refractivity contribution in [3.05, 3.63) is 12.8 Å². The first-order chi connectivity index (χ1) is 6.56. The van der Waals surface area contributed by atoms with Crippen molar-refractivity contribution < 1.29 is 4.74 Å². The van der Waals surface area contributed by atoms with Crippen LogP contribution in [-0.2, 0) is 4.74 Å². The molecule has 84 valence electrons. The average molecular weight is 200 g/mol. The van der Waals surface area contributed by atoms with Crippen LogP contribution in [0.1, 0.15) is 27.2 Å². The van der Waals surface area contributed by atoms with E-state index in [2.05, 4.69) is 38.0 Å². The number of nitrogens with one attached hydrogen (secondary N) is 2. The molecule has 3 nitrogen and oxygen atoms in total. The molecule has 0 bridgehead atoms. The molecule has 0 saturated carbocycles. The quantitative estimate of drug-likeness (QED) is 0.460. The fourth-order valence-electron chi connectivity index (χ4n) is 1.01. The van der Waals surface area contributed by atoms with Crippen molar-refractivity contribution in [2.24, 2.45) is 0 Å². The van der Waals surface area contributed by atoms with E-state index >= 15 is 0 Å². The van der Waals surface area contributed by atoms with Crippen LogP contribution in [-0.4, -0.2) is 31.8 Å². The molecule has 0 aromatic carbocycles. The lowest BCUT2D eigenvalue weighted by Gasteiger charge is -2.20. The van der Waals surface area contributed by atoms with Gasteiger partial charge >= 0.3 is 0 Å². The highest BCUT2D eigenvalue weighted by atomic mass is 16.5. The minimum atomic E-state index is 0.216. The lowest BCUT2D eigenvalue weighted by Crippen LogP contribution is -2.40. The van der Waals surface area contributed by atoms with Crippen molar-refractivity contribution >= 4 is 0 Å². The van der Waals surface area contributed by atoms with E-state index in [1.54, 1.807) is 0 Å². The average Bonchev–Trinajstić information content (AvgIpc) is 2.08. The zero-order valence-corrected chi connectivity index (χ0v) is 9.73. The van der Waals surface area contributed by atoms with Crippen molar-refractivity contribution in [1.29, 1.82) is 0 Å². The van der Waals surface area contributed by atoms with Crippen molar-refractivity contribution in [3.63, 3.8) is 0 Å². The highest BCUT2D eigenvalue weighted by Gasteiger charge is 2.06. The maximum Gasteiger partial charge on any atom is 0.0885 e. The first kappa shape index (κ1) is 13.5. The van der Waals surface area contributed by atoms with Crippen LogP contribution in [0.2, 0.25) is 0 Å². The summed E-state index contributed by atoms with van der Waals surface area (Å²) < 4.78 is 5.00. The van der Waals surface area contributed by atoms with Gasteiger partial charge in [0.15, 0.2) is 0 Å². The third-order valence-electron chi connectivity index (χ3n) is 1.69. The standard InChI is InChI=1S/C11H24N2O/c1-5-14-10-6-7-12-8-9-13-11(2,3)4/h5,12-13H,1,6-10H2,2-4H3. The molecule has 0 atom stereocenters. The van der Waals surface area contributed by atoms with E-state index in [-0.39, 0.29) is 5.54 Å². The van der Waals surface area contributed by atoms with Crippen LogP contribution >= 0.6 is 0 Å². The minimum Gasteiger partial charge on any atom is -0.502 e. The van der Waals surface area contributed by atoms with Gasteiger partial charge in [-0.25, -0.2) is 0 Å². The van der Waals surface area contributed by atoms with Gasteiger partial charge < -0.3 is 15.4 Å². The van der Waals surface area contributed by atoms with E-state index in [0.717, 1.165) is 32.7 Å². The molecule has 0 heterocycles. The first-order valence-electron chi connectivity index (χ1n) is 5.24. The zero-order chi connectivity index (χ0) is 10.9. The maximum atomic E-state index is 5.00. The Morgan fingerprint density at radius 1 is 1.21 bits per heavy atom. The monoisotopic (exact) mass is 200 g/mol. The van der Waals surface area contributed by atoms with Crippen molar-refractivity contribution in [3.8, 4) is 0 Å². The second-order valence-electron chi connectivity index (χ2n) is 4.32. The Labute approximate surface area is 87.9 Å². The Morgan fingerprint density at radius 2 is 1.93 bits per heavy atom. The highest BCUT2D eigenvalue weighted by Crippen LogP contribution is 1.96. The summed E-state index contributed by atoms with van der Waals surface area (Å²) in [5.74, 6) is 0. The molecular weight excluding hydrogens is 176 g/mol. The third-order valence-corrected chi connectivity index (χ3v) is 1.69. The molecule has 0 aliphatic carbocycles. The summed E-state index contributed by atoms with van der Waals surface area (Å²) in [5.41, 5.74) is 0.216. The van der Waals surface area contributed by atoms with Crippen LogP contribution in [0.25, 0.3) is 0 Å². The molecule has 0 saturated heterocycles. The molecule has 0 rings (SSSR count). The number of hydrogen-bond acceptors (Lipinski definition) is 3. The van der Waals surface area contributed by atoms with Gasteiger partial charge in [0, 0.05) is 18.6 Å². The lowest BCUT2D eigenvalue weighted by molar-refractivity contribution is 0.244. The van der Waals surface area contributed by atoms with Gasteiger partial charge in [0.05, 0.1) is 12.9 Å². The number of ether oxygens (including phenoxy) is 1. The summed E-state index contributed by atoms with van der Waals surface area (Å²) in [5, 5.41) is 6.75. The Kier molecular flexibility index (Phi) is 7.52. The molecule has 0 amide bonds. The van der Waals surface area contributed by atoms with Crippen LogP contribution in [0.5, 0.6) is 0 Å². The molecule has 0 aromatic rings. The van der Waals surface area contributed by atoms with Gasteiger partial charge in [0.1, 0.15) is 0 Å². The van der Waals surface area contributed by atoms with Crippen molar-refractivity contribution in [1.82, 2.24) is 10.6 Å². The van der Waals surface area contributed by atoms with Gasteiger partial charge in [0.25, 0.3) is 0 Å². The van der Waals surface area contributed by atoms with Gasteiger partial charge in [-0.3, -0.25) is 0 Å². The normalized spacial score (nSPS) is 11.4. The Morgan fingerprint density at radius 3 is 2.50 bits per heavy atom. The van der Waals surface area contributed by atoms with E-state index in [1.165, 1.54) is 6.26 Å². The van der Waals surface area contributed by atoms with Crippen LogP contribution < -0.4 is 10.6 Å². The van der Waals surface area contributed by atoms with Gasteiger partial charge in [-0.2, -0.15) is 0 Å². The van der Waals surface area contributed by atoms with Gasteiger partial charge in [-0.15, -0.1) is 0 Å². The van der Waals surface area contributed by atoms with Crippen molar-refractivity contribution in [2.45, 2.75) is 32.7 Å². The van der Waals surface area contributed by atoms with Gasteiger partial charge in [0.2, 0.25) is 0 Å². The molecule has 0 aromatic heterocycles. The summed E-state index contributed by atoms with van der Waals surface area (Å²) >= 11 is 0. The molecular formula is C11H24N2O. The smallest absolute Gasteiger partial charge is 0.0885 e. The van der Waals surface area contributed by atoms with E-state index in [4.69, 9.17) is 4.74 Å². The molecule has 0 spiro atoms. The Bertz CT molecular complexity index is 141. The number of hydrogen-bond donors (Lipinski definition) is 2. The molecule has 14 heavy (non-hydrogen) atoms. The first-order valence-corrected chi connectivity index (χ1v) is 5.24. The highest BCUT2D eigenvalue weighted by molar-refractivity contribution is 4.70. The van der Waals surface area contributed by atoms with Gasteiger partial charge in [-0.1, -0.05) is 6.58 Å². The summed E-state index contributed by atoms with van der Waals surface area (Å²) in [6.07, 6.45) is 2.52. The topological polar surface area (TPSA) is 33.3 Å². The van der Waals surface area contributed by atoms with E-state index in [1.807, 2.05) is 0 Å². The molecule has 0 aliphatic heterocycles. The SMILES string of the molecule is C=COCCCNCCNC(C)(C)C. The summed E-state index contributed by atoms with van der Waals surface area (Å²) in [4.78, 5) is 0. The fraction of sp³-hybridized carbons (Fsp3) is 0.818. The summed E-state index contributed by atoms with van der Waals surface area (Å²) in [7, 11) is 0. The van der Waals surface area contributed by atoms with E-state index in [9.17, 15) is 0 Å². The zero-order valence-electron chi connectivity index (χ0n) is 9.73. The molecule has 2 N–H and O–H groups in total. The van der Waals surface area contributed by atoms with E-state index in [0.29, 0.717) is 0 Å². The third kappa shape index (κ3) is 11.5. The molecule has 0 unspecified atom stereocenters. The Balaban J connectivity index is 3.03. The predicted molar refractivity (Wildman–Crippen MR) is 61.4 cm³/mol. The molecule has 0 fully saturated rings. The van der Waals surface area contributed by atoms with Crippen LogP contribution in [0.3, 0.4) is 0 Å². The second kappa shape index (κ2) is 7.83. The number of rotatable bonds is 8. The molecule has 0 aliphatic rings.